The molecule has 0 radical (unpaired) electrons. The molecule has 1 rings (SSSR count). The first-order valence-electron chi connectivity index (χ1n) is 5.63. The zero-order chi connectivity index (χ0) is 12.1. The van der Waals surface area contributed by atoms with Gasteiger partial charge in [-0.25, -0.2) is 0 Å². The smallest absolute Gasteiger partial charge is 0.0800 e. The molecule has 0 bridgehead atoms. The summed E-state index contributed by atoms with van der Waals surface area (Å²) in [6.07, 6.45) is 2.79. The summed E-state index contributed by atoms with van der Waals surface area (Å²) in [5.74, 6) is 0.716. The fraction of sp³-hybridized carbons (Fsp3) is 0.538. The Morgan fingerprint density at radius 1 is 1.31 bits per heavy atom. The van der Waals surface area contributed by atoms with Gasteiger partial charge in [-0.3, -0.25) is 0 Å². The second-order valence-electron chi connectivity index (χ2n) is 4.51. The summed E-state index contributed by atoms with van der Waals surface area (Å²) >= 11 is 5.72. The Balaban J connectivity index is 2.58. The van der Waals surface area contributed by atoms with Crippen molar-refractivity contribution in [3.05, 3.63) is 31.8 Å². The molecule has 16 heavy (non-hydrogen) atoms. The Morgan fingerprint density at radius 2 is 2.00 bits per heavy atom. The van der Waals surface area contributed by atoms with Gasteiger partial charge in [0.05, 0.1) is 6.10 Å². The highest BCUT2D eigenvalue weighted by Crippen LogP contribution is 2.27. The van der Waals surface area contributed by atoms with Crippen molar-refractivity contribution in [2.75, 3.05) is 0 Å². The molecule has 0 aliphatic rings. The molecule has 1 aromatic rings. The lowest BCUT2D eigenvalue weighted by Crippen LogP contribution is -2.01. The minimum Gasteiger partial charge on any atom is -0.388 e. The first kappa shape index (κ1) is 14.5. The average molecular weight is 397 g/mol. The van der Waals surface area contributed by atoms with Crippen LogP contribution in [0.25, 0.3) is 0 Å². The maximum atomic E-state index is 10.1. The minimum atomic E-state index is -0.330. The molecular weight excluding hydrogens is 379 g/mol. The van der Waals surface area contributed by atoms with Gasteiger partial charge in [0.1, 0.15) is 0 Å². The lowest BCUT2D eigenvalue weighted by molar-refractivity contribution is 0.161. The highest BCUT2D eigenvalue weighted by Gasteiger charge is 2.11. The Kier molecular flexibility index (Phi) is 6.29. The van der Waals surface area contributed by atoms with Crippen molar-refractivity contribution >= 4 is 38.5 Å². The molecular formula is C13H18BrIO. The quantitative estimate of drug-likeness (QED) is 0.700. The van der Waals surface area contributed by atoms with Gasteiger partial charge in [-0.1, -0.05) is 42.6 Å². The molecule has 1 N–H and O–H groups in total. The summed E-state index contributed by atoms with van der Waals surface area (Å²) in [6, 6.07) is 6.06. The van der Waals surface area contributed by atoms with Crippen LogP contribution in [0, 0.1) is 9.49 Å². The van der Waals surface area contributed by atoms with Gasteiger partial charge in [0.25, 0.3) is 0 Å². The maximum absolute atomic E-state index is 10.1. The predicted molar refractivity (Wildman–Crippen MR) is 80.5 cm³/mol. The van der Waals surface area contributed by atoms with Gasteiger partial charge >= 0.3 is 0 Å². The van der Waals surface area contributed by atoms with Crippen molar-refractivity contribution in [1.82, 2.24) is 0 Å². The average Bonchev–Trinajstić information content (AvgIpc) is 2.21. The molecule has 0 amide bonds. The molecule has 0 aliphatic heterocycles. The molecule has 0 fully saturated rings. The third-order valence-electron chi connectivity index (χ3n) is 2.58. The molecule has 1 atom stereocenters. The van der Waals surface area contributed by atoms with E-state index < -0.39 is 0 Å². The highest BCUT2D eigenvalue weighted by atomic mass is 127. The normalized spacial score (nSPS) is 13.1. The van der Waals surface area contributed by atoms with Crippen molar-refractivity contribution < 1.29 is 5.11 Å². The van der Waals surface area contributed by atoms with Crippen LogP contribution in [0.15, 0.2) is 22.7 Å². The fourth-order valence-corrected chi connectivity index (χ4v) is 2.72. The first-order chi connectivity index (χ1) is 7.50. The van der Waals surface area contributed by atoms with Crippen molar-refractivity contribution in [2.45, 2.75) is 39.2 Å². The second-order valence-corrected chi connectivity index (χ2v) is 6.58. The van der Waals surface area contributed by atoms with Crippen molar-refractivity contribution in [2.24, 2.45) is 5.92 Å². The van der Waals surface area contributed by atoms with E-state index in [2.05, 4.69) is 52.4 Å². The summed E-state index contributed by atoms with van der Waals surface area (Å²) in [7, 11) is 0. The third-order valence-corrected chi connectivity index (χ3v) is 4.05. The number of hydrogen-bond acceptors (Lipinski definition) is 1. The number of benzene rings is 1. The molecule has 1 nitrogen and oxygen atoms in total. The van der Waals surface area contributed by atoms with Crippen molar-refractivity contribution in [3.63, 3.8) is 0 Å². The lowest BCUT2D eigenvalue weighted by atomic mass is 10.0. The van der Waals surface area contributed by atoms with Gasteiger partial charge in [0, 0.05) is 8.04 Å². The summed E-state index contributed by atoms with van der Waals surface area (Å²) in [4.78, 5) is 0. The van der Waals surface area contributed by atoms with E-state index in [0.717, 1.165) is 26.4 Å². The summed E-state index contributed by atoms with van der Waals surface area (Å²) in [5.41, 5.74) is 1.04. The van der Waals surface area contributed by atoms with Gasteiger partial charge in [0.15, 0.2) is 0 Å². The van der Waals surface area contributed by atoms with E-state index in [0.29, 0.717) is 5.92 Å². The van der Waals surface area contributed by atoms with E-state index in [-0.39, 0.29) is 6.10 Å². The third kappa shape index (κ3) is 4.72. The molecule has 0 heterocycles. The molecule has 1 unspecified atom stereocenters. The standard InChI is InChI=1S/C13H18BrIO/c1-9(2)4-3-5-13(16)11-8-10(14)6-7-12(11)15/h6-9,13,16H,3-5H2,1-2H3. The first-order valence-corrected chi connectivity index (χ1v) is 7.51. The number of halogens is 2. The second kappa shape index (κ2) is 6.97. The number of aliphatic hydroxyl groups excluding tert-OH is 1. The van der Waals surface area contributed by atoms with E-state index >= 15 is 0 Å². The van der Waals surface area contributed by atoms with Crippen LogP contribution in [0.5, 0.6) is 0 Å². The SMILES string of the molecule is CC(C)CCCC(O)c1cc(Br)ccc1I. The van der Waals surface area contributed by atoms with Crippen LogP contribution >= 0.6 is 38.5 Å². The summed E-state index contributed by atoms with van der Waals surface area (Å²) in [6.45, 7) is 4.44. The fourth-order valence-electron chi connectivity index (χ4n) is 1.64. The van der Waals surface area contributed by atoms with Gasteiger partial charge in [-0.15, -0.1) is 0 Å². The van der Waals surface area contributed by atoms with E-state index in [1.165, 1.54) is 6.42 Å². The molecule has 0 saturated heterocycles. The lowest BCUT2D eigenvalue weighted by Gasteiger charge is -2.14. The maximum Gasteiger partial charge on any atom is 0.0800 e. The predicted octanol–water partition coefficient (Wildman–Crippen LogP) is 4.91. The van der Waals surface area contributed by atoms with Gasteiger partial charge < -0.3 is 5.11 Å². The molecule has 90 valence electrons. The van der Waals surface area contributed by atoms with E-state index in [1.807, 2.05) is 18.2 Å². The van der Waals surface area contributed by atoms with Crippen LogP contribution in [0.3, 0.4) is 0 Å². The molecule has 0 saturated carbocycles. The molecule has 1 aromatic carbocycles. The van der Waals surface area contributed by atoms with Crippen molar-refractivity contribution in [1.29, 1.82) is 0 Å². The van der Waals surface area contributed by atoms with Crippen LogP contribution in [-0.4, -0.2) is 5.11 Å². The Bertz CT molecular complexity index is 339. The Labute approximate surface area is 120 Å². The summed E-state index contributed by atoms with van der Waals surface area (Å²) < 4.78 is 2.17. The molecule has 0 aromatic heterocycles. The van der Waals surface area contributed by atoms with Crippen LogP contribution in [0.4, 0.5) is 0 Å². The largest absolute Gasteiger partial charge is 0.388 e. The van der Waals surface area contributed by atoms with Gasteiger partial charge in [-0.05, 0) is 58.7 Å². The Hall–Kier alpha value is 0.390. The molecule has 0 aliphatic carbocycles. The van der Waals surface area contributed by atoms with Crippen LogP contribution in [-0.2, 0) is 0 Å². The number of rotatable bonds is 5. The molecule has 3 heteroatoms. The zero-order valence-corrected chi connectivity index (χ0v) is 13.5. The topological polar surface area (TPSA) is 20.2 Å². The summed E-state index contributed by atoms with van der Waals surface area (Å²) in [5, 5.41) is 10.1. The minimum absolute atomic E-state index is 0.330. The van der Waals surface area contributed by atoms with Crippen LogP contribution < -0.4 is 0 Å². The Morgan fingerprint density at radius 3 is 2.62 bits per heavy atom. The zero-order valence-electron chi connectivity index (χ0n) is 9.71. The highest BCUT2D eigenvalue weighted by molar-refractivity contribution is 14.1. The monoisotopic (exact) mass is 396 g/mol. The number of hydrogen-bond donors (Lipinski definition) is 1. The van der Waals surface area contributed by atoms with Crippen LogP contribution in [0.1, 0.15) is 44.8 Å². The molecule has 0 spiro atoms. The van der Waals surface area contributed by atoms with E-state index in [1.54, 1.807) is 0 Å². The number of aliphatic hydroxyl groups is 1. The van der Waals surface area contributed by atoms with Gasteiger partial charge in [0.2, 0.25) is 0 Å². The van der Waals surface area contributed by atoms with Crippen molar-refractivity contribution in [3.8, 4) is 0 Å². The van der Waals surface area contributed by atoms with E-state index in [9.17, 15) is 5.11 Å². The van der Waals surface area contributed by atoms with E-state index in [4.69, 9.17) is 0 Å². The van der Waals surface area contributed by atoms with Gasteiger partial charge in [-0.2, -0.15) is 0 Å². The van der Waals surface area contributed by atoms with Crippen LogP contribution in [0.2, 0.25) is 0 Å².